The molecule has 14 N–H and O–H groups in total. The molecule has 0 bridgehead atoms. The number of benzene rings is 2. The van der Waals surface area contributed by atoms with Crippen LogP contribution in [0.2, 0.25) is 0 Å². The van der Waals surface area contributed by atoms with Crippen LogP contribution in [0.25, 0.3) is 22.2 Å². The fourth-order valence-electron chi connectivity index (χ4n) is 3.10. The second kappa shape index (κ2) is 9.70. The Balaban J connectivity index is 2.27. The Morgan fingerprint density at radius 1 is 1.28 bits per heavy atom. The number of sulfonamides is 1. The largest absolute Gasteiger partial charge is 0.390 e. The first-order valence-corrected chi connectivity index (χ1v) is 11.5. The number of hydrazine groups is 1. The molecule has 15 heteroatoms. The number of aromatic nitrogens is 2. The first-order valence-electron chi connectivity index (χ1n) is 9.18. The number of para-hydroxylation sites is 1. The van der Waals surface area contributed by atoms with E-state index in [2.05, 4.69) is 25.3 Å². The van der Waals surface area contributed by atoms with E-state index in [9.17, 15) is 13.5 Å². The summed E-state index contributed by atoms with van der Waals surface area (Å²) in [5, 5.41) is 19.0. The number of nitrogen functional groups attached to an aromatic ring is 1. The number of hydrogen-bond donors (Lipinski definition) is 9. The summed E-state index contributed by atoms with van der Waals surface area (Å²) in [4.78, 5) is 7.18. The maximum absolute atomic E-state index is 12.7. The lowest BCUT2D eigenvalue weighted by Crippen LogP contribution is -2.30. The predicted octanol–water partition coefficient (Wildman–Crippen LogP) is -1.54. The van der Waals surface area contributed by atoms with Crippen molar-refractivity contribution in [3.8, 4) is 11.1 Å². The number of anilines is 1. The molecule has 0 aliphatic heterocycles. The van der Waals surface area contributed by atoms with E-state index in [1.165, 1.54) is 0 Å². The van der Waals surface area contributed by atoms with Gasteiger partial charge in [0.15, 0.2) is 11.8 Å². The molecule has 0 spiro atoms. The third-order valence-corrected chi connectivity index (χ3v) is 6.43. The number of imidazole rings is 1. The van der Waals surface area contributed by atoms with Crippen LogP contribution in [0.15, 0.2) is 45.2 Å². The molecule has 1 aromatic heterocycles. The number of hydrogen-bond acceptors (Lipinski definition) is 11. The Bertz CT molecular complexity index is 1260. The third kappa shape index (κ3) is 4.94. The quantitative estimate of drug-likeness (QED) is 0.0557. The molecule has 172 valence electrons. The predicted molar refractivity (Wildman–Crippen MR) is 124 cm³/mol. The van der Waals surface area contributed by atoms with E-state index in [1.807, 2.05) is 0 Å². The average molecular weight is 481 g/mol. The Morgan fingerprint density at radius 3 is 2.69 bits per heavy atom. The van der Waals surface area contributed by atoms with Gasteiger partial charge in [0.25, 0.3) is 0 Å². The maximum Gasteiger partial charge on any atom is 0.239 e. The summed E-state index contributed by atoms with van der Waals surface area (Å²) in [6.45, 7) is 0.153. The zero-order chi connectivity index (χ0) is 23.5. The minimum atomic E-state index is -4.29. The molecule has 3 rings (SSSR count). The van der Waals surface area contributed by atoms with Crippen molar-refractivity contribution >= 4 is 44.8 Å². The molecular formula is C17H24N10O3S2. The van der Waals surface area contributed by atoms with Gasteiger partial charge in [-0.15, -0.1) is 5.10 Å². The lowest BCUT2D eigenvalue weighted by molar-refractivity contribution is 0.188. The Kier molecular flexibility index (Phi) is 7.19. The minimum absolute atomic E-state index is 0.0331. The van der Waals surface area contributed by atoms with Gasteiger partial charge in [-0.1, -0.05) is 18.2 Å². The number of nitrogens with one attached hydrogen (secondary N) is 3. The first-order chi connectivity index (χ1) is 15.2. The topological polar surface area (TPSA) is 250 Å². The highest BCUT2D eigenvalue weighted by molar-refractivity contribution is 7.98. The van der Waals surface area contributed by atoms with E-state index in [4.69, 9.17) is 28.2 Å². The molecule has 1 atom stereocenters. The van der Waals surface area contributed by atoms with Crippen molar-refractivity contribution in [2.24, 2.45) is 27.6 Å². The van der Waals surface area contributed by atoms with Crippen molar-refractivity contribution < 1.29 is 13.5 Å². The van der Waals surface area contributed by atoms with E-state index >= 15 is 0 Å². The van der Waals surface area contributed by atoms with Gasteiger partial charge in [0.1, 0.15) is 4.90 Å². The monoisotopic (exact) mass is 480 g/mol. The summed E-state index contributed by atoms with van der Waals surface area (Å²) < 4.78 is 28.2. The molecule has 0 aliphatic rings. The molecule has 32 heavy (non-hydrogen) atoms. The molecule has 0 aliphatic carbocycles. The molecule has 1 heterocycles. The number of H-pyrrole nitrogens is 1. The molecule has 0 saturated carbocycles. The molecule has 1 unspecified atom stereocenters. The number of primary sulfonamides is 1. The Morgan fingerprint density at radius 2 is 2.03 bits per heavy atom. The summed E-state index contributed by atoms with van der Waals surface area (Å²) >= 11 is 0.950. The summed E-state index contributed by atoms with van der Waals surface area (Å²) in [6.07, 6.45) is -0.810. The van der Waals surface area contributed by atoms with Gasteiger partial charge in [-0.25, -0.2) is 29.9 Å². The summed E-state index contributed by atoms with van der Waals surface area (Å²) in [7, 11) is -4.29. The molecule has 0 radical (unpaired) electrons. The van der Waals surface area contributed by atoms with Crippen LogP contribution in [-0.4, -0.2) is 48.5 Å². The molecular weight excluding hydrogens is 456 g/mol. The van der Waals surface area contributed by atoms with Gasteiger partial charge in [0, 0.05) is 29.1 Å². The van der Waals surface area contributed by atoms with E-state index in [1.54, 1.807) is 30.3 Å². The number of nitrogens with two attached hydrogens (primary N) is 5. The standard InChI is InChI=1S/C17H24N10O3S2/c18-6-8(28)7-23-31-12-5-4-9(10-2-1-3-11-14(10)25-17(20)24-11)13(16(19)26-27-21)15(12)32(22,29)30/h1-5,8,23,27-28H,6-7,18,21H2,(H2,19,26)(H3,20,24,25)(H2,22,29,30). The second-order valence-electron chi connectivity index (χ2n) is 6.65. The number of aliphatic hydroxyl groups is 1. The van der Waals surface area contributed by atoms with Crippen LogP contribution in [-0.2, 0) is 10.0 Å². The van der Waals surface area contributed by atoms with Crippen molar-refractivity contribution in [1.82, 2.24) is 20.2 Å². The number of hydrazone groups is 1. The number of aromatic amines is 1. The van der Waals surface area contributed by atoms with E-state index in [0.717, 1.165) is 11.9 Å². The molecule has 3 aromatic rings. The lowest BCUT2D eigenvalue weighted by Gasteiger charge is -2.18. The molecule has 0 amide bonds. The van der Waals surface area contributed by atoms with Crippen LogP contribution < -0.4 is 38.4 Å². The van der Waals surface area contributed by atoms with Crippen LogP contribution in [0.4, 0.5) is 5.95 Å². The number of rotatable bonds is 9. The van der Waals surface area contributed by atoms with Gasteiger partial charge >= 0.3 is 0 Å². The van der Waals surface area contributed by atoms with Gasteiger partial charge in [-0.2, -0.15) is 0 Å². The van der Waals surface area contributed by atoms with Crippen molar-refractivity contribution in [1.29, 1.82) is 0 Å². The Labute approximate surface area is 188 Å². The van der Waals surface area contributed by atoms with Crippen LogP contribution in [0.1, 0.15) is 5.56 Å². The minimum Gasteiger partial charge on any atom is -0.390 e. The van der Waals surface area contributed by atoms with Crippen molar-refractivity contribution in [2.75, 3.05) is 18.8 Å². The van der Waals surface area contributed by atoms with Gasteiger partial charge in [-0.3, -0.25) is 4.72 Å². The average Bonchev–Trinajstić information content (AvgIpc) is 3.12. The van der Waals surface area contributed by atoms with Crippen molar-refractivity contribution in [3.63, 3.8) is 0 Å². The van der Waals surface area contributed by atoms with E-state index < -0.39 is 16.1 Å². The molecule has 0 saturated heterocycles. The first kappa shape index (κ1) is 23.7. The number of aliphatic hydroxyl groups excluding tert-OH is 1. The Hall–Kier alpha value is -2.92. The summed E-state index contributed by atoms with van der Waals surface area (Å²) in [5.74, 6) is 5.27. The van der Waals surface area contributed by atoms with Crippen LogP contribution in [0.3, 0.4) is 0 Å². The number of amidine groups is 1. The fraction of sp³-hybridized carbons (Fsp3) is 0.176. The SMILES string of the molecule is NCC(O)CNSc1ccc(-c2cccc3[nH]c(N)nc23)c(/C(N)=N/NN)c1S(N)(=O)=O. The van der Waals surface area contributed by atoms with Crippen molar-refractivity contribution in [2.45, 2.75) is 15.9 Å². The maximum atomic E-state index is 12.7. The highest BCUT2D eigenvalue weighted by Crippen LogP contribution is 2.37. The van der Waals surface area contributed by atoms with E-state index in [-0.39, 0.29) is 40.2 Å². The van der Waals surface area contributed by atoms with Crippen LogP contribution >= 0.6 is 11.9 Å². The normalized spacial score (nSPS) is 13.4. The van der Waals surface area contributed by atoms with E-state index in [0.29, 0.717) is 22.2 Å². The lowest BCUT2D eigenvalue weighted by atomic mass is 9.97. The molecule has 0 fully saturated rings. The highest BCUT2D eigenvalue weighted by Gasteiger charge is 2.27. The fourth-order valence-corrected chi connectivity index (χ4v) is 5.18. The van der Waals surface area contributed by atoms with Crippen molar-refractivity contribution in [3.05, 3.63) is 35.9 Å². The van der Waals surface area contributed by atoms with Gasteiger partial charge in [-0.05, 0) is 29.6 Å². The highest BCUT2D eigenvalue weighted by atomic mass is 32.2. The summed E-state index contributed by atoms with van der Waals surface area (Å²) in [6, 6.07) is 8.48. The zero-order valence-electron chi connectivity index (χ0n) is 16.7. The smallest absolute Gasteiger partial charge is 0.239 e. The van der Waals surface area contributed by atoms with Crippen LogP contribution in [0, 0.1) is 0 Å². The number of nitrogens with zero attached hydrogens (tertiary/aromatic N) is 2. The third-order valence-electron chi connectivity index (χ3n) is 4.44. The molecule has 2 aromatic carbocycles. The van der Waals surface area contributed by atoms with Gasteiger partial charge < -0.3 is 27.3 Å². The summed E-state index contributed by atoms with van der Waals surface area (Å²) in [5.41, 5.74) is 21.5. The second-order valence-corrected chi connectivity index (χ2v) is 9.08. The van der Waals surface area contributed by atoms with Gasteiger partial charge in [0.2, 0.25) is 10.0 Å². The van der Waals surface area contributed by atoms with Crippen LogP contribution in [0.5, 0.6) is 0 Å². The molecule has 13 nitrogen and oxygen atoms in total. The van der Waals surface area contributed by atoms with Gasteiger partial charge in [0.05, 0.1) is 17.1 Å². The zero-order valence-corrected chi connectivity index (χ0v) is 18.4. The number of fused-ring (bicyclic) bond motifs is 1.